The third kappa shape index (κ3) is 36.6. The fraction of sp³-hybridized carbons (Fsp3) is 0.612. The topological polar surface area (TPSA) is 691 Å². The first kappa shape index (κ1) is 109. The summed E-state index contributed by atoms with van der Waals surface area (Å²) in [5, 5.41) is 78.1. The molecular formula is C85H133N23O20S2. The van der Waals surface area contributed by atoms with Gasteiger partial charge in [0, 0.05) is 57.0 Å². The maximum absolute atomic E-state index is 15.6. The number of H-pyrrole nitrogens is 1. The van der Waals surface area contributed by atoms with E-state index in [1.165, 1.54) is 79.8 Å². The zero-order valence-corrected chi connectivity index (χ0v) is 76.9. The molecule has 2 aromatic carbocycles. The summed E-state index contributed by atoms with van der Waals surface area (Å²) in [5.74, 6) is -20.8. The van der Waals surface area contributed by atoms with Crippen LogP contribution in [0.4, 0.5) is 0 Å². The summed E-state index contributed by atoms with van der Waals surface area (Å²) in [7, 11) is 1.60. The SMILES string of the molecule is CC[C@H](C)[C@@H]1NC(=O)[C@H](Cc2ccc(O)cc2)NC(=O)[C@H](CCCCN)NC(=O)[C@@H](NC(=O)[C@@H](NC(=O)[C@H](CC(=O)O)NC(=O)[C@H](Cc2ccc(O)cc2)NC(C)=O)[C@@H](C)CC)CSSC[C@@H](C(=O)N[C@@H](CCCCN)C(=O)N[C@@H](C)C(=O)N[C@H](C(N)=O)C(C)C)NC(=O)[C@H](Cc2c[nH]cn2)NC(=O)[C@@H]2CCCN2C(=O)[C@H](CC(C)C)NC(=O)C(CCCNC(=N)N)NC1=O. The van der Waals surface area contributed by atoms with Crippen molar-refractivity contribution < 1.29 is 96.8 Å². The highest BCUT2D eigenvalue weighted by atomic mass is 33.1. The number of nitrogens with two attached hydrogens (primary N) is 4. The van der Waals surface area contributed by atoms with E-state index in [-0.39, 0.29) is 146 Å². The fourth-order valence-corrected chi connectivity index (χ4v) is 16.6. The number of imidazole rings is 1. The third-order valence-corrected chi connectivity index (χ3v) is 24.5. The summed E-state index contributed by atoms with van der Waals surface area (Å²) in [6.07, 6.45) is 1.91. The Morgan fingerprint density at radius 2 is 1.13 bits per heavy atom. The lowest BCUT2D eigenvalue weighted by Crippen LogP contribution is -2.62. The molecule has 16 amide bonds. The Morgan fingerprint density at radius 3 is 1.71 bits per heavy atom. The highest BCUT2D eigenvalue weighted by molar-refractivity contribution is 8.76. The molecule has 720 valence electrons. The van der Waals surface area contributed by atoms with Gasteiger partial charge in [0.2, 0.25) is 94.5 Å². The van der Waals surface area contributed by atoms with Gasteiger partial charge in [0.05, 0.1) is 18.4 Å². The number of hydrogen-bond acceptors (Lipinski definition) is 25. The third-order valence-electron chi connectivity index (χ3n) is 22.1. The minimum absolute atomic E-state index is 0.00552. The highest BCUT2D eigenvalue weighted by Crippen LogP contribution is 2.27. The molecule has 17 atom stereocenters. The molecule has 3 heterocycles. The molecule has 0 radical (unpaired) electrons. The number of aliphatic carboxylic acids is 1. The van der Waals surface area contributed by atoms with E-state index in [1.807, 2.05) is 0 Å². The number of rotatable bonds is 41. The second kappa shape index (κ2) is 55.2. The van der Waals surface area contributed by atoms with Crippen LogP contribution in [0.25, 0.3) is 0 Å². The normalized spacial score (nSPS) is 21.5. The molecule has 5 rings (SSSR count). The van der Waals surface area contributed by atoms with Crippen LogP contribution in [-0.2, 0) is 101 Å². The van der Waals surface area contributed by atoms with Crippen molar-refractivity contribution in [2.75, 3.05) is 37.7 Å². The molecule has 1 unspecified atom stereocenters. The molecule has 3 aromatic rings. The molecule has 28 N–H and O–H groups in total. The number of primary amides is 1. The number of aromatic amines is 1. The van der Waals surface area contributed by atoms with Crippen LogP contribution in [0.3, 0.4) is 0 Å². The maximum atomic E-state index is 15.6. The second-order valence-electron chi connectivity index (χ2n) is 33.5. The first-order valence-corrected chi connectivity index (χ1v) is 46.4. The molecule has 130 heavy (non-hydrogen) atoms. The minimum Gasteiger partial charge on any atom is -0.508 e. The lowest BCUT2D eigenvalue weighted by atomic mass is 9.96. The van der Waals surface area contributed by atoms with Crippen molar-refractivity contribution in [3.63, 3.8) is 0 Å². The van der Waals surface area contributed by atoms with Gasteiger partial charge >= 0.3 is 5.97 Å². The number of phenols is 2. The molecule has 2 aliphatic heterocycles. The maximum Gasteiger partial charge on any atom is 0.305 e. The Morgan fingerprint density at radius 1 is 0.577 bits per heavy atom. The summed E-state index contributed by atoms with van der Waals surface area (Å²) in [4.78, 5) is 256. The number of benzene rings is 2. The van der Waals surface area contributed by atoms with Crippen LogP contribution in [-0.4, -0.2) is 265 Å². The Kier molecular flexibility index (Phi) is 46.2. The number of hydrogen-bond donors (Lipinski definition) is 24. The van der Waals surface area contributed by atoms with Gasteiger partial charge in [-0.15, -0.1) is 0 Å². The molecule has 2 fully saturated rings. The van der Waals surface area contributed by atoms with Crippen molar-refractivity contribution in [3.05, 3.63) is 77.9 Å². The van der Waals surface area contributed by atoms with E-state index in [0.717, 1.165) is 28.5 Å². The van der Waals surface area contributed by atoms with Crippen molar-refractivity contribution in [3.8, 4) is 11.5 Å². The first-order valence-electron chi connectivity index (χ1n) is 43.9. The van der Waals surface area contributed by atoms with Gasteiger partial charge in [-0.05, 0) is 150 Å². The summed E-state index contributed by atoms with van der Waals surface area (Å²) < 4.78 is 0. The average molecular weight is 1860 g/mol. The van der Waals surface area contributed by atoms with Crippen LogP contribution in [0.15, 0.2) is 61.1 Å². The number of amides is 16. The van der Waals surface area contributed by atoms with Crippen molar-refractivity contribution in [2.24, 2.45) is 46.6 Å². The van der Waals surface area contributed by atoms with Crippen molar-refractivity contribution >= 4 is 128 Å². The smallest absolute Gasteiger partial charge is 0.305 e. The van der Waals surface area contributed by atoms with E-state index in [4.69, 9.17) is 28.3 Å². The summed E-state index contributed by atoms with van der Waals surface area (Å²) in [6, 6.07) is -12.0. The van der Waals surface area contributed by atoms with Gasteiger partial charge in [-0.2, -0.15) is 0 Å². The number of aromatic hydroxyl groups is 2. The number of nitrogens with one attached hydrogen (secondary N) is 17. The fourth-order valence-electron chi connectivity index (χ4n) is 14.3. The van der Waals surface area contributed by atoms with Crippen LogP contribution in [0.1, 0.15) is 176 Å². The van der Waals surface area contributed by atoms with Gasteiger partial charge in [-0.25, -0.2) is 4.98 Å². The number of carboxylic acids is 1. The number of unbranched alkanes of at least 4 members (excludes halogenated alkanes) is 2. The summed E-state index contributed by atoms with van der Waals surface area (Å²) in [5.41, 5.74) is 24.1. The van der Waals surface area contributed by atoms with Gasteiger partial charge in [-0.1, -0.05) is 114 Å². The summed E-state index contributed by atoms with van der Waals surface area (Å²) in [6.45, 7) is 16.1. The van der Waals surface area contributed by atoms with Crippen molar-refractivity contribution in [1.29, 1.82) is 5.41 Å². The number of fused-ring (bicyclic) bond motifs is 1. The van der Waals surface area contributed by atoms with Crippen LogP contribution >= 0.6 is 21.6 Å². The lowest BCUT2D eigenvalue weighted by Gasteiger charge is -2.32. The van der Waals surface area contributed by atoms with Crippen LogP contribution in [0.2, 0.25) is 0 Å². The number of carbonyl (C=O) groups is 17. The Bertz CT molecular complexity index is 4320. The van der Waals surface area contributed by atoms with Crippen LogP contribution in [0.5, 0.6) is 11.5 Å². The zero-order valence-electron chi connectivity index (χ0n) is 75.3. The standard InChI is InChI=1S/C85H133N23O20S2/c1-11-46(7)68-82(126)98-57(21-17-33-92-85(89)90)74(118)102-62(35-44(3)4)84(128)108-34-18-22-65(108)81(125)101-60(38-52-40-91-43-93-52)76(120)103-63(79(123)96-55(19-13-15-31-86)72(116)94-48(9)71(115)105-67(45(5)6)70(88)114)41-129-130-42-64(80(124)97-56(20-14-16-32-87)73(117)99-59(77(121)106-68)37-51-25-29-54(111)30-26-51)104-83(127)69(47(8)12-2)107-78(122)61(39-66(112)113)100-75(119)58(95-49(10)109)36-50-23-27-53(110)28-24-50/h23-30,40,43-48,55-65,67-69,110-111H,11-22,31-39,41-42,86-87H2,1-10H3,(H2,88,114)(H,91,93)(H,94,116)(H,95,109)(H,96,123)(H,97,124)(H,98,126)(H,99,117)(H,100,119)(H,101,125)(H,102,118)(H,103,120)(H,104,127)(H,105,115)(H,106,121)(H,107,122)(H,112,113)(H4,89,90,92)/t46-,47-,48-,55-,56-,57?,58-,59-,60-,61-,62-,63-,64-,65-,67-,68-,69-/m0/s1. The van der Waals surface area contributed by atoms with E-state index >= 15 is 47.9 Å². The highest BCUT2D eigenvalue weighted by Gasteiger charge is 2.43. The van der Waals surface area contributed by atoms with Gasteiger partial charge in [0.15, 0.2) is 5.96 Å². The number of carboxylic acid groups (broad SMARTS) is 1. The predicted molar refractivity (Wildman–Crippen MR) is 484 cm³/mol. The molecule has 2 saturated heterocycles. The molecule has 1 aromatic heterocycles. The van der Waals surface area contributed by atoms with Crippen molar-refractivity contribution in [1.82, 2.24) is 94.6 Å². The molecular weight excluding hydrogens is 1730 g/mol. The molecule has 0 aliphatic carbocycles. The van der Waals surface area contributed by atoms with E-state index in [0.29, 0.717) is 17.5 Å². The molecule has 2 aliphatic rings. The number of carbonyl (C=O) groups excluding carboxylic acids is 16. The molecule has 0 saturated carbocycles. The Balaban J connectivity index is 1.76. The van der Waals surface area contributed by atoms with Crippen LogP contribution in [0, 0.1) is 29.1 Å². The predicted octanol–water partition coefficient (Wildman–Crippen LogP) is -2.66. The van der Waals surface area contributed by atoms with Crippen molar-refractivity contribution in [2.45, 2.75) is 269 Å². The van der Waals surface area contributed by atoms with Gasteiger partial charge < -0.3 is 128 Å². The number of nitrogens with zero attached hydrogens (tertiary/aromatic N) is 2. The number of phenolic OH excluding ortho intramolecular Hbond substituents is 2. The first-order chi connectivity index (χ1) is 61.6. The zero-order chi connectivity index (χ0) is 96.6. The minimum atomic E-state index is -1.94. The van der Waals surface area contributed by atoms with Gasteiger partial charge in [0.1, 0.15) is 102 Å². The lowest BCUT2D eigenvalue weighted by molar-refractivity contribution is -0.143. The number of guanidine groups is 1. The summed E-state index contributed by atoms with van der Waals surface area (Å²) >= 11 is 0. The van der Waals surface area contributed by atoms with E-state index < -0.39 is 233 Å². The molecule has 43 nitrogen and oxygen atoms in total. The molecule has 0 bridgehead atoms. The molecule has 45 heteroatoms. The van der Waals surface area contributed by atoms with Crippen LogP contribution < -0.4 is 103 Å². The van der Waals surface area contributed by atoms with E-state index in [1.54, 1.807) is 48.5 Å². The monoisotopic (exact) mass is 1860 g/mol. The van der Waals surface area contributed by atoms with Gasteiger partial charge in [0.25, 0.3) is 0 Å². The Hall–Kier alpha value is -11.9. The number of aromatic nitrogens is 2. The van der Waals surface area contributed by atoms with Gasteiger partial charge in [-0.3, -0.25) is 86.9 Å². The Labute approximate surface area is 763 Å². The average Bonchev–Trinajstić information content (AvgIpc) is 1.14. The van der Waals surface area contributed by atoms with E-state index in [9.17, 15) is 48.9 Å². The second-order valence-corrected chi connectivity index (χ2v) is 36.0. The van der Waals surface area contributed by atoms with E-state index in [2.05, 4.69) is 89.7 Å². The largest absolute Gasteiger partial charge is 0.508 e. The molecule has 0 spiro atoms. The quantitative estimate of drug-likeness (QED) is 0.0119.